The van der Waals surface area contributed by atoms with Gasteiger partial charge >= 0.3 is 20.6 Å². The van der Waals surface area contributed by atoms with Crippen LogP contribution in [0.5, 0.6) is 0 Å². The summed E-state index contributed by atoms with van der Waals surface area (Å²) in [7, 11) is -20.5. The number of aryl methyl sites for hydroxylation is 1. The third-order valence-corrected chi connectivity index (χ3v) is 13.0. The Hall–Kier alpha value is -2.58. The Bertz CT molecular complexity index is 1800. The first kappa shape index (κ1) is 30.0. The van der Waals surface area contributed by atoms with E-state index in [1.807, 2.05) is 0 Å². The summed E-state index contributed by atoms with van der Waals surface area (Å²) in [5.41, 5.74) is -2.10. The van der Waals surface area contributed by atoms with E-state index in [0.717, 1.165) is 38.1 Å². The fourth-order valence-corrected chi connectivity index (χ4v) is 9.84. The van der Waals surface area contributed by atoms with Crippen LogP contribution in [0.2, 0.25) is 0 Å². The van der Waals surface area contributed by atoms with E-state index in [4.69, 9.17) is 0 Å². The Morgan fingerprint density at radius 3 is 1.63 bits per heavy atom. The van der Waals surface area contributed by atoms with E-state index < -0.39 is 97.4 Å². The van der Waals surface area contributed by atoms with Crippen LogP contribution in [0.25, 0.3) is 0 Å². The molecule has 14 nitrogen and oxygen atoms in total. The highest BCUT2D eigenvalue weighted by atomic mass is 32.3. The SMILES string of the molecule is CCc1ccc2c(c1S(=O)(=O)N(CC)S(=O)(=O)O)C(=O)c1ccc(S(=O)(=O)N(CC)S(=O)(=O)O)cc1C2=O. The van der Waals surface area contributed by atoms with E-state index in [1.54, 1.807) is 0 Å². The van der Waals surface area contributed by atoms with Crippen LogP contribution in [0.3, 0.4) is 0 Å². The first-order chi connectivity index (χ1) is 17.3. The molecule has 2 N–H and O–H groups in total. The molecular weight excluding hydrogens is 588 g/mol. The van der Waals surface area contributed by atoms with Crippen LogP contribution in [0.1, 0.15) is 58.2 Å². The van der Waals surface area contributed by atoms with E-state index >= 15 is 0 Å². The maximum atomic E-state index is 13.5. The highest BCUT2D eigenvalue weighted by Gasteiger charge is 2.42. The van der Waals surface area contributed by atoms with Gasteiger partial charge in [-0.05, 0) is 36.2 Å². The summed E-state index contributed by atoms with van der Waals surface area (Å²) >= 11 is 0. The van der Waals surface area contributed by atoms with Crippen LogP contribution < -0.4 is 0 Å². The number of rotatable bonds is 9. The molecular formula is C20H22N2O12S4. The van der Waals surface area contributed by atoms with E-state index in [0.29, 0.717) is 0 Å². The number of carbonyl (C=O) groups excluding carboxylic acids is 2. The molecule has 0 fully saturated rings. The maximum absolute atomic E-state index is 13.5. The Labute approximate surface area is 219 Å². The molecule has 3 rings (SSSR count). The molecule has 208 valence electrons. The summed E-state index contributed by atoms with van der Waals surface area (Å²) in [5.74, 6) is -2.06. The van der Waals surface area contributed by atoms with Crippen LogP contribution in [0.4, 0.5) is 0 Å². The van der Waals surface area contributed by atoms with Crippen molar-refractivity contribution in [3.63, 3.8) is 0 Å². The number of carbonyl (C=O) groups is 2. The zero-order valence-corrected chi connectivity index (χ0v) is 23.3. The predicted molar refractivity (Wildman–Crippen MR) is 131 cm³/mol. The summed E-state index contributed by atoms with van der Waals surface area (Å²) in [6, 6.07) is 4.69. The molecule has 0 saturated carbocycles. The molecule has 1 aliphatic rings. The van der Waals surface area contributed by atoms with Crippen molar-refractivity contribution in [2.24, 2.45) is 0 Å². The lowest BCUT2D eigenvalue weighted by atomic mass is 9.83. The summed E-state index contributed by atoms with van der Waals surface area (Å²) in [5, 5.41) is 0. The molecule has 18 heteroatoms. The molecule has 2 aromatic rings. The Morgan fingerprint density at radius 1 is 0.658 bits per heavy atom. The van der Waals surface area contributed by atoms with E-state index in [2.05, 4.69) is 0 Å². The van der Waals surface area contributed by atoms with Crippen LogP contribution in [0, 0.1) is 0 Å². The topological polar surface area (TPSA) is 218 Å². The summed E-state index contributed by atoms with van der Waals surface area (Å²) in [6.45, 7) is 2.36. The molecule has 0 unspecified atom stereocenters. The van der Waals surface area contributed by atoms with Gasteiger partial charge in [-0.1, -0.05) is 34.3 Å². The third-order valence-electron chi connectivity index (χ3n) is 5.70. The minimum atomic E-state index is -5.30. The smallest absolute Gasteiger partial charge is 0.289 e. The molecule has 0 heterocycles. The quantitative estimate of drug-likeness (QED) is 0.319. The lowest BCUT2D eigenvalue weighted by molar-refractivity contribution is 0.0976. The Balaban J connectivity index is 2.33. The number of benzene rings is 2. The summed E-state index contributed by atoms with van der Waals surface area (Å²) < 4.78 is 117. The van der Waals surface area contributed by atoms with Gasteiger partial charge in [0.2, 0.25) is 0 Å². The summed E-state index contributed by atoms with van der Waals surface area (Å²) in [6.07, 6.45) is -0.0150. The molecule has 0 saturated heterocycles. The molecule has 1 aliphatic carbocycles. The lowest BCUT2D eigenvalue weighted by Gasteiger charge is -2.25. The molecule has 0 spiro atoms. The van der Waals surface area contributed by atoms with Crippen molar-refractivity contribution in [3.05, 3.63) is 58.1 Å². The van der Waals surface area contributed by atoms with Crippen molar-refractivity contribution in [2.45, 2.75) is 37.0 Å². The van der Waals surface area contributed by atoms with Gasteiger partial charge in [-0.2, -0.15) is 16.8 Å². The molecule has 0 bridgehead atoms. The number of nitrogens with zero attached hydrogens (tertiary/aromatic N) is 2. The highest BCUT2D eigenvalue weighted by Crippen LogP contribution is 2.37. The number of hydrogen-bond acceptors (Lipinski definition) is 10. The Morgan fingerprint density at radius 2 is 1.16 bits per heavy atom. The van der Waals surface area contributed by atoms with Gasteiger partial charge in [0.1, 0.15) is 0 Å². The Kier molecular flexibility index (Phi) is 7.78. The second kappa shape index (κ2) is 9.87. The lowest BCUT2D eigenvalue weighted by Crippen LogP contribution is -2.38. The molecule has 0 aromatic heterocycles. The molecule has 0 amide bonds. The molecule has 0 atom stereocenters. The monoisotopic (exact) mass is 610 g/mol. The van der Waals surface area contributed by atoms with Gasteiger partial charge in [0.15, 0.2) is 11.6 Å². The fraction of sp³-hybridized carbons (Fsp3) is 0.300. The van der Waals surface area contributed by atoms with E-state index in [9.17, 15) is 52.4 Å². The van der Waals surface area contributed by atoms with Gasteiger partial charge in [0, 0.05) is 29.8 Å². The van der Waals surface area contributed by atoms with Crippen LogP contribution in [0.15, 0.2) is 40.1 Å². The zero-order valence-electron chi connectivity index (χ0n) is 20.0. The van der Waals surface area contributed by atoms with Crippen molar-refractivity contribution in [1.82, 2.24) is 7.42 Å². The van der Waals surface area contributed by atoms with Gasteiger partial charge in [-0.25, -0.2) is 16.8 Å². The number of fused-ring (bicyclic) bond motifs is 2. The van der Waals surface area contributed by atoms with Crippen LogP contribution >= 0.6 is 0 Å². The molecule has 38 heavy (non-hydrogen) atoms. The van der Waals surface area contributed by atoms with Crippen molar-refractivity contribution >= 4 is 52.2 Å². The average molecular weight is 611 g/mol. The van der Waals surface area contributed by atoms with Gasteiger partial charge in [0.25, 0.3) is 20.0 Å². The number of hydrogen-bond donors (Lipinski definition) is 2. The molecule has 0 aliphatic heterocycles. The largest absolute Gasteiger partial charge is 0.349 e. The van der Waals surface area contributed by atoms with Gasteiger partial charge in [0.05, 0.1) is 15.4 Å². The minimum Gasteiger partial charge on any atom is -0.289 e. The van der Waals surface area contributed by atoms with Crippen molar-refractivity contribution in [1.29, 1.82) is 0 Å². The van der Waals surface area contributed by atoms with Crippen LogP contribution in [-0.2, 0) is 47.1 Å². The second-order valence-corrected chi connectivity index (χ2v) is 14.6. The minimum absolute atomic E-state index is 0.0150. The first-order valence-corrected chi connectivity index (χ1v) is 16.4. The molecule has 2 aromatic carbocycles. The van der Waals surface area contributed by atoms with Crippen molar-refractivity contribution < 1.29 is 52.4 Å². The third kappa shape index (κ3) is 4.81. The van der Waals surface area contributed by atoms with Gasteiger partial charge in [-0.15, -0.1) is 0 Å². The standard InChI is InChI=1S/C20H22N2O12S4/c1-4-12-7-9-15-17(20(12)36(27,28)22(6-3)38(32,33)34)19(24)14-10-8-13(11-16(14)18(15)23)35(25,26)21(5-2)37(29,30)31/h7-11H,4-6H2,1-3H3,(H,29,30,31)(H,32,33,34). The van der Waals surface area contributed by atoms with Crippen LogP contribution in [-0.4, -0.2) is 74.9 Å². The number of ketones is 2. The first-order valence-electron chi connectivity index (χ1n) is 10.8. The van der Waals surface area contributed by atoms with Crippen molar-refractivity contribution in [3.8, 4) is 0 Å². The fourth-order valence-electron chi connectivity index (χ4n) is 4.10. The zero-order chi connectivity index (χ0) is 29.0. The summed E-state index contributed by atoms with van der Waals surface area (Å²) in [4.78, 5) is 25.3. The molecule has 0 radical (unpaired) electrons. The normalized spacial score (nSPS) is 14.6. The van der Waals surface area contributed by atoms with Gasteiger partial charge < -0.3 is 0 Å². The highest BCUT2D eigenvalue weighted by molar-refractivity contribution is 8.02. The second-order valence-electron chi connectivity index (χ2n) is 7.84. The average Bonchev–Trinajstić information content (AvgIpc) is 2.79. The van der Waals surface area contributed by atoms with Gasteiger partial charge in [-0.3, -0.25) is 18.7 Å². The van der Waals surface area contributed by atoms with E-state index in [-0.39, 0.29) is 19.4 Å². The number of sulfonamides is 2. The maximum Gasteiger partial charge on any atom is 0.349 e. The van der Waals surface area contributed by atoms with E-state index in [1.165, 1.54) is 13.0 Å². The predicted octanol–water partition coefficient (Wildman–Crippen LogP) is 0.651. The van der Waals surface area contributed by atoms with Crippen molar-refractivity contribution in [2.75, 3.05) is 13.1 Å².